The fourth-order valence-electron chi connectivity index (χ4n) is 2.14. The quantitative estimate of drug-likeness (QED) is 0.709. The van der Waals surface area contributed by atoms with E-state index in [1.165, 1.54) is 10.9 Å². The number of rotatable bonds is 2. The number of nitrogens with zero attached hydrogens (tertiary/aromatic N) is 2. The van der Waals surface area contributed by atoms with Gasteiger partial charge in [-0.1, -0.05) is 33.6 Å². The average molecular weight is 365 g/mol. The lowest BCUT2D eigenvalue weighted by atomic mass is 10.2. The highest BCUT2D eigenvalue weighted by Crippen LogP contribution is 2.19. The number of halogens is 2. The summed E-state index contributed by atoms with van der Waals surface area (Å²) in [6.07, 6.45) is 1.53. The molecule has 2 aromatic carbocycles. The normalized spacial score (nSPS) is 11.0. The first kappa shape index (κ1) is 14.1. The molecule has 0 bridgehead atoms. The summed E-state index contributed by atoms with van der Waals surface area (Å²) >= 11 is 9.25. The van der Waals surface area contributed by atoms with Gasteiger partial charge >= 0.3 is 0 Å². The minimum absolute atomic E-state index is 0.101. The largest absolute Gasteiger partial charge is 0.398 e. The molecule has 0 radical (unpaired) electrons. The molecule has 3 aromatic rings. The third-order valence-corrected chi connectivity index (χ3v) is 3.96. The highest BCUT2D eigenvalue weighted by Gasteiger charge is 2.07. The summed E-state index contributed by atoms with van der Waals surface area (Å²) in [5.74, 6) is 0. The monoisotopic (exact) mass is 363 g/mol. The third kappa shape index (κ3) is 2.80. The van der Waals surface area contributed by atoms with Crippen LogP contribution >= 0.6 is 27.5 Å². The average Bonchev–Trinajstić information content (AvgIpc) is 2.45. The zero-order valence-corrected chi connectivity index (χ0v) is 13.2. The Morgan fingerprint density at radius 2 is 2.05 bits per heavy atom. The summed E-state index contributed by atoms with van der Waals surface area (Å²) in [7, 11) is 0. The van der Waals surface area contributed by atoms with Gasteiger partial charge < -0.3 is 5.73 Å². The maximum Gasteiger partial charge on any atom is 0.261 e. The van der Waals surface area contributed by atoms with Gasteiger partial charge in [-0.3, -0.25) is 9.36 Å². The summed E-state index contributed by atoms with van der Waals surface area (Å²) in [5.41, 5.74) is 7.89. The molecule has 4 nitrogen and oxygen atoms in total. The number of fused-ring (bicyclic) bond motifs is 1. The predicted molar refractivity (Wildman–Crippen MR) is 88.7 cm³/mol. The lowest BCUT2D eigenvalue weighted by molar-refractivity contribution is 0.750. The van der Waals surface area contributed by atoms with Crippen LogP contribution in [0, 0.1) is 0 Å². The minimum Gasteiger partial charge on any atom is -0.398 e. The molecule has 0 aliphatic rings. The number of hydrogen-bond acceptors (Lipinski definition) is 3. The lowest BCUT2D eigenvalue weighted by Crippen LogP contribution is -2.21. The first-order chi connectivity index (χ1) is 10.0. The van der Waals surface area contributed by atoms with E-state index in [2.05, 4.69) is 20.9 Å². The van der Waals surface area contributed by atoms with E-state index in [4.69, 9.17) is 17.3 Å². The first-order valence-electron chi connectivity index (χ1n) is 6.23. The van der Waals surface area contributed by atoms with Crippen LogP contribution in [0.1, 0.15) is 5.56 Å². The van der Waals surface area contributed by atoms with Crippen LogP contribution < -0.4 is 11.3 Å². The number of aromatic nitrogens is 2. The molecule has 0 atom stereocenters. The molecule has 106 valence electrons. The van der Waals surface area contributed by atoms with E-state index in [1.807, 2.05) is 18.2 Å². The number of benzene rings is 2. The molecule has 0 aliphatic heterocycles. The van der Waals surface area contributed by atoms with Gasteiger partial charge in [-0.25, -0.2) is 4.98 Å². The summed E-state index contributed by atoms with van der Waals surface area (Å²) in [4.78, 5) is 16.8. The van der Waals surface area contributed by atoms with Gasteiger partial charge in [-0.15, -0.1) is 0 Å². The van der Waals surface area contributed by atoms with Gasteiger partial charge in [0, 0.05) is 15.2 Å². The zero-order chi connectivity index (χ0) is 15.0. The molecule has 0 saturated carbocycles. The van der Waals surface area contributed by atoms with E-state index in [-0.39, 0.29) is 5.56 Å². The fourth-order valence-corrected chi connectivity index (χ4v) is 2.68. The molecule has 2 N–H and O–H groups in total. The summed E-state index contributed by atoms with van der Waals surface area (Å²) < 4.78 is 2.38. The van der Waals surface area contributed by atoms with Crippen LogP contribution in [0.2, 0.25) is 5.02 Å². The second-order valence-electron chi connectivity index (χ2n) is 4.68. The Morgan fingerprint density at radius 1 is 1.24 bits per heavy atom. The molecule has 0 spiro atoms. The molecule has 6 heteroatoms. The van der Waals surface area contributed by atoms with Crippen LogP contribution in [0.4, 0.5) is 5.69 Å². The van der Waals surface area contributed by atoms with Crippen molar-refractivity contribution < 1.29 is 0 Å². The van der Waals surface area contributed by atoms with Crippen molar-refractivity contribution in [2.75, 3.05) is 5.73 Å². The summed E-state index contributed by atoms with van der Waals surface area (Å²) in [5, 5.41) is 1.14. The standard InChI is InChI=1S/C15H11BrClN3O/c16-10-2-4-14-12(5-10)15(21)20(8-19-14)7-9-1-3-11(17)6-13(9)18/h1-6,8H,7,18H2. The number of nitrogens with two attached hydrogens (primary N) is 1. The van der Waals surface area contributed by atoms with Crippen molar-refractivity contribution in [3.8, 4) is 0 Å². The topological polar surface area (TPSA) is 60.9 Å². The Hall–Kier alpha value is -1.85. The van der Waals surface area contributed by atoms with Crippen LogP contribution in [0.5, 0.6) is 0 Å². The highest BCUT2D eigenvalue weighted by molar-refractivity contribution is 9.10. The van der Waals surface area contributed by atoms with Crippen LogP contribution in [0.15, 0.2) is 52.0 Å². The maximum absolute atomic E-state index is 12.5. The van der Waals surface area contributed by atoms with E-state index in [9.17, 15) is 4.79 Å². The van der Waals surface area contributed by atoms with Crippen LogP contribution in [0.3, 0.4) is 0 Å². The van der Waals surface area contributed by atoms with Gasteiger partial charge in [0.1, 0.15) is 0 Å². The van der Waals surface area contributed by atoms with Crippen molar-refractivity contribution >= 4 is 44.1 Å². The number of hydrogen-bond donors (Lipinski definition) is 1. The molecule has 3 rings (SSSR count). The Balaban J connectivity index is 2.09. The number of anilines is 1. The van der Waals surface area contributed by atoms with Crippen molar-refractivity contribution in [1.29, 1.82) is 0 Å². The summed E-state index contributed by atoms with van der Waals surface area (Å²) in [6.45, 7) is 0.358. The zero-order valence-electron chi connectivity index (χ0n) is 10.9. The molecule has 0 unspecified atom stereocenters. The van der Waals surface area contributed by atoms with Crippen molar-refractivity contribution in [3.63, 3.8) is 0 Å². The maximum atomic E-state index is 12.5. The lowest BCUT2D eigenvalue weighted by Gasteiger charge is -2.09. The molecular formula is C15H11BrClN3O. The summed E-state index contributed by atoms with van der Waals surface area (Å²) in [6, 6.07) is 10.7. The molecule has 0 aliphatic carbocycles. The smallest absolute Gasteiger partial charge is 0.261 e. The van der Waals surface area contributed by atoms with Crippen molar-refractivity contribution in [1.82, 2.24) is 9.55 Å². The van der Waals surface area contributed by atoms with E-state index in [0.717, 1.165) is 10.0 Å². The second-order valence-corrected chi connectivity index (χ2v) is 6.03. The molecule has 0 fully saturated rings. The molecule has 0 saturated heterocycles. The molecule has 1 aromatic heterocycles. The van der Waals surface area contributed by atoms with Gasteiger partial charge in [0.05, 0.1) is 23.8 Å². The highest BCUT2D eigenvalue weighted by atomic mass is 79.9. The van der Waals surface area contributed by atoms with E-state index < -0.39 is 0 Å². The minimum atomic E-state index is -0.101. The van der Waals surface area contributed by atoms with Crippen molar-refractivity contribution in [3.05, 3.63) is 68.1 Å². The van der Waals surface area contributed by atoms with Crippen LogP contribution in [0.25, 0.3) is 10.9 Å². The fraction of sp³-hybridized carbons (Fsp3) is 0.0667. The van der Waals surface area contributed by atoms with E-state index in [1.54, 1.807) is 18.2 Å². The van der Waals surface area contributed by atoms with Crippen molar-refractivity contribution in [2.24, 2.45) is 0 Å². The van der Waals surface area contributed by atoms with Gasteiger partial charge in [0.15, 0.2) is 0 Å². The van der Waals surface area contributed by atoms with Crippen LogP contribution in [-0.2, 0) is 6.54 Å². The van der Waals surface area contributed by atoms with Gasteiger partial charge in [0.2, 0.25) is 0 Å². The predicted octanol–water partition coefficient (Wildman–Crippen LogP) is 3.44. The van der Waals surface area contributed by atoms with E-state index >= 15 is 0 Å². The molecule has 1 heterocycles. The molecule has 21 heavy (non-hydrogen) atoms. The van der Waals surface area contributed by atoms with Gasteiger partial charge in [-0.05, 0) is 35.9 Å². The van der Waals surface area contributed by atoms with E-state index in [0.29, 0.717) is 28.2 Å². The first-order valence-corrected chi connectivity index (χ1v) is 7.40. The Bertz CT molecular complexity index is 892. The van der Waals surface area contributed by atoms with Gasteiger partial charge in [-0.2, -0.15) is 0 Å². The SMILES string of the molecule is Nc1cc(Cl)ccc1Cn1cnc2ccc(Br)cc2c1=O. The Labute approximate surface area is 134 Å². The second kappa shape index (κ2) is 5.50. The Morgan fingerprint density at radius 3 is 2.81 bits per heavy atom. The molecular weight excluding hydrogens is 354 g/mol. The van der Waals surface area contributed by atoms with Crippen molar-refractivity contribution in [2.45, 2.75) is 6.54 Å². The molecule has 0 amide bonds. The third-order valence-electron chi connectivity index (χ3n) is 3.23. The number of nitrogen functional groups attached to an aromatic ring is 1. The van der Waals surface area contributed by atoms with Gasteiger partial charge in [0.25, 0.3) is 5.56 Å². The Kier molecular flexibility index (Phi) is 3.69. The van der Waals surface area contributed by atoms with Crippen LogP contribution in [-0.4, -0.2) is 9.55 Å².